The molecule has 0 aliphatic carbocycles. The van der Waals surface area contributed by atoms with Gasteiger partial charge in [0.2, 0.25) is 5.82 Å². The van der Waals surface area contributed by atoms with Crippen LogP contribution in [0.4, 0.5) is 19.0 Å². The van der Waals surface area contributed by atoms with Crippen LogP contribution in [0.5, 0.6) is 0 Å². The van der Waals surface area contributed by atoms with Crippen molar-refractivity contribution in [2.24, 2.45) is 13.0 Å². The number of carbonyl (C=O) groups is 1. The smallest absolute Gasteiger partial charge is 0.381 e. The van der Waals surface area contributed by atoms with Crippen molar-refractivity contribution in [3.8, 4) is 11.3 Å². The number of nitrogens with zero attached hydrogens (tertiary/aromatic N) is 7. The zero-order chi connectivity index (χ0) is 27.9. The van der Waals surface area contributed by atoms with Gasteiger partial charge >= 0.3 is 11.9 Å². The summed E-state index contributed by atoms with van der Waals surface area (Å²) in [6, 6.07) is 4.82. The molecule has 0 unspecified atom stereocenters. The molecule has 5 rings (SSSR count). The number of carbonyl (C=O) groups excluding carboxylic acids is 1. The summed E-state index contributed by atoms with van der Waals surface area (Å²) in [6.45, 7) is 2.66. The van der Waals surface area contributed by atoms with E-state index >= 15 is 0 Å². The van der Waals surface area contributed by atoms with E-state index in [-0.39, 0.29) is 35.7 Å². The number of anilines is 1. The molecule has 1 atom stereocenters. The second-order valence-corrected chi connectivity index (χ2v) is 9.48. The van der Waals surface area contributed by atoms with Crippen molar-refractivity contribution in [3.05, 3.63) is 63.6 Å². The summed E-state index contributed by atoms with van der Waals surface area (Å²) >= 11 is 0. The van der Waals surface area contributed by atoms with E-state index in [1.165, 1.54) is 22.5 Å². The third kappa shape index (κ3) is 4.80. The van der Waals surface area contributed by atoms with Crippen LogP contribution in [0.2, 0.25) is 0 Å². The van der Waals surface area contributed by atoms with E-state index in [0.29, 0.717) is 31.0 Å². The van der Waals surface area contributed by atoms with Gasteiger partial charge in [-0.2, -0.15) is 13.2 Å². The molecule has 15 heteroatoms. The quantitative estimate of drug-likeness (QED) is 0.327. The highest BCUT2D eigenvalue weighted by Gasteiger charge is 2.34. The third-order valence-electron chi connectivity index (χ3n) is 6.56. The number of imidazole rings is 1. The van der Waals surface area contributed by atoms with Crippen LogP contribution >= 0.6 is 0 Å². The molecule has 4 aromatic rings. The second kappa shape index (κ2) is 9.72. The fourth-order valence-electron chi connectivity index (χ4n) is 4.22. The molecule has 0 bridgehead atoms. The number of hydrogen-bond donors (Lipinski definition) is 1. The first kappa shape index (κ1) is 26.2. The topological polar surface area (TPSA) is 139 Å². The van der Waals surface area contributed by atoms with Crippen LogP contribution in [0.15, 0.2) is 46.5 Å². The number of hydrogen-bond acceptors (Lipinski definition) is 9. The molecule has 1 N–H and O–H groups in total. The van der Waals surface area contributed by atoms with Crippen molar-refractivity contribution in [1.29, 1.82) is 0 Å². The Morgan fingerprint density at radius 2 is 1.87 bits per heavy atom. The predicted molar refractivity (Wildman–Crippen MR) is 132 cm³/mol. The molecule has 0 radical (unpaired) electrons. The zero-order valence-corrected chi connectivity index (χ0v) is 20.8. The third-order valence-corrected chi connectivity index (χ3v) is 6.56. The van der Waals surface area contributed by atoms with Crippen LogP contribution < -0.4 is 16.6 Å². The van der Waals surface area contributed by atoms with E-state index in [2.05, 4.69) is 25.3 Å². The summed E-state index contributed by atoms with van der Waals surface area (Å²) in [4.78, 5) is 53.9. The van der Waals surface area contributed by atoms with E-state index in [1.54, 1.807) is 25.1 Å². The van der Waals surface area contributed by atoms with Gasteiger partial charge in [0.15, 0.2) is 11.2 Å². The normalized spacial score (nSPS) is 15.6. The molecule has 0 aromatic carbocycles. The number of ether oxygens (including phenoxy) is 1. The minimum atomic E-state index is -4.66. The average Bonchev–Trinajstić information content (AvgIpc) is 3.36. The SMILES string of the molecule is Cn1c(=O)n(CC2COC2)c(=O)c2c1ncn2[C@](C)(C=O)CNc1cccc(-c2cnc(C(F)(F)F)nc2)n1. The number of aryl methyl sites for hydroxylation is 1. The highest BCUT2D eigenvalue weighted by Crippen LogP contribution is 2.27. The van der Waals surface area contributed by atoms with Crippen molar-refractivity contribution >= 4 is 23.3 Å². The van der Waals surface area contributed by atoms with Gasteiger partial charge in [0.25, 0.3) is 5.56 Å². The van der Waals surface area contributed by atoms with Crippen LogP contribution in [-0.2, 0) is 34.8 Å². The largest absolute Gasteiger partial charge is 0.451 e. The lowest BCUT2D eigenvalue weighted by atomic mass is 10.0. The molecule has 12 nitrogen and oxygen atoms in total. The maximum Gasteiger partial charge on any atom is 0.451 e. The fraction of sp³-hybridized carbons (Fsp3) is 0.375. The van der Waals surface area contributed by atoms with E-state index < -0.39 is 28.8 Å². The molecular weight excluding hydrogens is 521 g/mol. The minimum Gasteiger partial charge on any atom is -0.381 e. The summed E-state index contributed by atoms with van der Waals surface area (Å²) in [5.74, 6) is -0.899. The van der Waals surface area contributed by atoms with Gasteiger partial charge in [-0.15, -0.1) is 0 Å². The van der Waals surface area contributed by atoms with Gasteiger partial charge in [-0.05, 0) is 19.1 Å². The Kier molecular flexibility index (Phi) is 6.54. The Hall–Kier alpha value is -4.40. The fourth-order valence-corrected chi connectivity index (χ4v) is 4.22. The number of rotatable bonds is 8. The number of fused-ring (bicyclic) bond motifs is 1. The van der Waals surface area contributed by atoms with Gasteiger partial charge in [0.1, 0.15) is 17.6 Å². The van der Waals surface area contributed by atoms with Gasteiger partial charge in [0, 0.05) is 44.0 Å². The number of aldehydes is 1. The number of pyridine rings is 1. The number of aromatic nitrogens is 7. The van der Waals surface area contributed by atoms with Gasteiger partial charge < -0.3 is 19.4 Å². The van der Waals surface area contributed by atoms with Gasteiger partial charge in [-0.1, -0.05) is 6.07 Å². The maximum absolute atomic E-state index is 13.4. The summed E-state index contributed by atoms with van der Waals surface area (Å²) in [5.41, 5.74) is -1.58. The van der Waals surface area contributed by atoms with Gasteiger partial charge in [-0.3, -0.25) is 13.9 Å². The van der Waals surface area contributed by atoms with Crippen molar-refractivity contribution in [2.75, 3.05) is 25.1 Å². The monoisotopic (exact) mass is 544 g/mol. The molecular formula is C24H23F3N8O4. The Morgan fingerprint density at radius 3 is 2.49 bits per heavy atom. The average molecular weight is 544 g/mol. The number of halogens is 3. The Bertz CT molecular complexity index is 1660. The van der Waals surface area contributed by atoms with Crippen molar-refractivity contribution < 1.29 is 22.7 Å². The minimum absolute atomic E-state index is 0.0271. The summed E-state index contributed by atoms with van der Waals surface area (Å²) < 4.78 is 47.3. The second-order valence-electron chi connectivity index (χ2n) is 9.48. The van der Waals surface area contributed by atoms with Crippen LogP contribution in [0.25, 0.3) is 22.4 Å². The number of nitrogens with one attached hydrogen (secondary N) is 1. The molecule has 39 heavy (non-hydrogen) atoms. The Balaban J connectivity index is 1.44. The van der Waals surface area contributed by atoms with Crippen molar-refractivity contribution in [3.63, 3.8) is 0 Å². The van der Waals surface area contributed by atoms with E-state index in [9.17, 15) is 27.6 Å². The zero-order valence-electron chi connectivity index (χ0n) is 20.8. The van der Waals surface area contributed by atoms with Crippen molar-refractivity contribution in [2.45, 2.75) is 25.2 Å². The molecule has 204 valence electrons. The molecule has 0 spiro atoms. The lowest BCUT2D eigenvalue weighted by Crippen LogP contribution is -2.46. The van der Waals surface area contributed by atoms with E-state index in [0.717, 1.165) is 17.0 Å². The first-order chi connectivity index (χ1) is 18.5. The summed E-state index contributed by atoms with van der Waals surface area (Å²) in [5, 5.41) is 3.04. The molecule has 1 aliphatic heterocycles. The van der Waals surface area contributed by atoms with Crippen LogP contribution in [0, 0.1) is 5.92 Å². The first-order valence-corrected chi connectivity index (χ1v) is 11.8. The molecule has 1 aliphatic rings. The van der Waals surface area contributed by atoms with Crippen molar-refractivity contribution in [1.82, 2.24) is 33.6 Å². The molecule has 1 saturated heterocycles. The van der Waals surface area contributed by atoms with Crippen LogP contribution in [-0.4, -0.2) is 59.7 Å². The molecule has 0 amide bonds. The molecule has 1 fully saturated rings. The molecule has 0 saturated carbocycles. The highest BCUT2D eigenvalue weighted by atomic mass is 19.4. The van der Waals surface area contributed by atoms with E-state index in [4.69, 9.17) is 4.74 Å². The number of alkyl halides is 3. The van der Waals surface area contributed by atoms with Gasteiger partial charge in [0.05, 0.1) is 25.2 Å². The lowest BCUT2D eigenvalue weighted by Gasteiger charge is -2.27. The van der Waals surface area contributed by atoms with Crippen LogP contribution in [0.3, 0.4) is 0 Å². The lowest BCUT2D eigenvalue weighted by molar-refractivity contribution is -0.145. The predicted octanol–water partition coefficient (Wildman–Crippen LogP) is 1.44. The summed E-state index contributed by atoms with van der Waals surface area (Å²) in [7, 11) is 1.51. The Morgan fingerprint density at radius 1 is 1.15 bits per heavy atom. The Labute approximate surface area is 218 Å². The molecule has 4 aromatic heterocycles. The van der Waals surface area contributed by atoms with Gasteiger partial charge in [-0.25, -0.2) is 24.7 Å². The maximum atomic E-state index is 13.4. The summed E-state index contributed by atoms with van der Waals surface area (Å²) in [6.07, 6.45) is -0.612. The van der Waals surface area contributed by atoms with Crippen LogP contribution in [0.1, 0.15) is 12.7 Å². The first-order valence-electron chi connectivity index (χ1n) is 11.8. The highest BCUT2D eigenvalue weighted by molar-refractivity contribution is 5.74. The standard InChI is InChI=1S/C24H23F3N8O4/c1-23(12-36,11-30-17-5-3-4-16(32-17)15-6-28-21(29-7-15)24(25,26)27)35-13-31-19-18(35)20(37)34(22(38)33(19)2)8-14-9-39-10-14/h3-7,12-14H,8-11H2,1-2H3,(H,30,32)/t23-/m0/s1. The van der Waals surface area contributed by atoms with E-state index in [1.807, 2.05) is 0 Å². The molecule has 5 heterocycles.